The molecule has 1 aliphatic rings. The summed E-state index contributed by atoms with van der Waals surface area (Å²) in [6.45, 7) is 7.97. The summed E-state index contributed by atoms with van der Waals surface area (Å²) in [4.78, 5) is 1.53. The molecule has 1 aliphatic heterocycles. The van der Waals surface area contributed by atoms with Gasteiger partial charge in [0.2, 0.25) is 5.79 Å². The molecule has 1 aromatic carbocycles. The summed E-state index contributed by atoms with van der Waals surface area (Å²) in [6, 6.07) is 6.46. The average molecular weight is 432 g/mol. The zero-order chi connectivity index (χ0) is 21.6. The van der Waals surface area contributed by atoms with Crippen molar-refractivity contribution in [3.8, 4) is 0 Å². The van der Waals surface area contributed by atoms with E-state index in [1.54, 1.807) is 30.6 Å². The van der Waals surface area contributed by atoms with Crippen molar-refractivity contribution in [3.05, 3.63) is 78.7 Å². The molecule has 3 rings (SSSR count). The second-order valence-electron chi connectivity index (χ2n) is 6.83. The standard InChI is InChI=1S/C21H25N3O5S/c1-4-5-6-7-18(3)21(16-24-22-12-13-23-24)27-14-19(29-21)15-28-30(25,26)20-10-8-17(2)9-11-20/h4-13,19H,3,14-16H2,1-2H3/b5-4-,7-6-/t19-,21+/m1/s1. The minimum atomic E-state index is -3.90. The summed E-state index contributed by atoms with van der Waals surface area (Å²) in [5.41, 5.74) is 1.52. The Morgan fingerprint density at radius 1 is 1.30 bits per heavy atom. The molecule has 9 heteroatoms. The van der Waals surface area contributed by atoms with Crippen LogP contribution in [0.15, 0.2) is 78.0 Å². The number of hydrogen-bond acceptors (Lipinski definition) is 7. The van der Waals surface area contributed by atoms with Crippen molar-refractivity contribution >= 4 is 10.1 Å². The van der Waals surface area contributed by atoms with Gasteiger partial charge in [-0.25, -0.2) is 0 Å². The van der Waals surface area contributed by atoms with E-state index in [0.717, 1.165) is 5.56 Å². The van der Waals surface area contributed by atoms with E-state index in [4.69, 9.17) is 13.7 Å². The van der Waals surface area contributed by atoms with E-state index in [1.165, 1.54) is 16.9 Å². The third-order valence-electron chi connectivity index (χ3n) is 4.48. The first-order valence-electron chi connectivity index (χ1n) is 9.45. The van der Waals surface area contributed by atoms with Gasteiger partial charge >= 0.3 is 0 Å². The van der Waals surface area contributed by atoms with Crippen molar-refractivity contribution in [3.63, 3.8) is 0 Å². The van der Waals surface area contributed by atoms with Gasteiger partial charge in [0.25, 0.3) is 10.1 Å². The fourth-order valence-electron chi connectivity index (χ4n) is 2.86. The zero-order valence-electron chi connectivity index (χ0n) is 17.0. The molecular formula is C21H25N3O5S. The van der Waals surface area contributed by atoms with Crippen LogP contribution < -0.4 is 0 Å². The van der Waals surface area contributed by atoms with Gasteiger partial charge in [-0.15, -0.1) is 0 Å². The lowest BCUT2D eigenvalue weighted by Crippen LogP contribution is -2.39. The summed E-state index contributed by atoms with van der Waals surface area (Å²) in [6.07, 6.45) is 9.83. The van der Waals surface area contributed by atoms with Gasteiger partial charge in [-0.05, 0) is 26.0 Å². The fraction of sp³-hybridized carbons (Fsp3) is 0.333. The van der Waals surface area contributed by atoms with E-state index in [-0.39, 0.29) is 24.7 Å². The second kappa shape index (κ2) is 9.48. The number of benzene rings is 1. The van der Waals surface area contributed by atoms with Crippen molar-refractivity contribution in [1.82, 2.24) is 15.0 Å². The minimum absolute atomic E-state index is 0.0951. The molecule has 1 aromatic heterocycles. The van der Waals surface area contributed by atoms with Gasteiger partial charge in [-0.1, -0.05) is 48.6 Å². The SMILES string of the molecule is C=C(/C=C\C=C/C)[C@@]1(Cn2nccn2)OC[C@H](COS(=O)(=O)c2ccc(C)cc2)O1. The van der Waals surface area contributed by atoms with Crippen molar-refractivity contribution in [2.75, 3.05) is 13.2 Å². The van der Waals surface area contributed by atoms with E-state index < -0.39 is 22.0 Å². The van der Waals surface area contributed by atoms with Gasteiger partial charge in [-0.3, -0.25) is 4.18 Å². The van der Waals surface area contributed by atoms with Gasteiger partial charge in [0, 0.05) is 5.57 Å². The van der Waals surface area contributed by atoms with Crippen LogP contribution in [0.4, 0.5) is 0 Å². The minimum Gasteiger partial charge on any atom is -0.342 e. The molecule has 0 N–H and O–H groups in total. The molecule has 160 valence electrons. The maximum Gasteiger partial charge on any atom is 0.297 e. The molecule has 0 bridgehead atoms. The normalized spacial score (nSPS) is 22.3. The van der Waals surface area contributed by atoms with Crippen molar-refractivity contribution < 1.29 is 22.1 Å². The quantitative estimate of drug-likeness (QED) is 0.445. The molecule has 8 nitrogen and oxygen atoms in total. The van der Waals surface area contributed by atoms with Crippen LogP contribution in [0.25, 0.3) is 0 Å². The molecule has 30 heavy (non-hydrogen) atoms. The summed E-state index contributed by atoms with van der Waals surface area (Å²) in [7, 11) is -3.90. The lowest BCUT2D eigenvalue weighted by atomic mass is 10.1. The Kier molecular flexibility index (Phi) is 6.99. The molecule has 0 amide bonds. The number of aryl methyl sites for hydroxylation is 1. The number of ether oxygens (including phenoxy) is 2. The summed E-state index contributed by atoms with van der Waals surface area (Å²) in [5.74, 6) is -1.22. The lowest BCUT2D eigenvalue weighted by Gasteiger charge is -2.28. The van der Waals surface area contributed by atoms with E-state index in [1.807, 2.05) is 32.1 Å². The van der Waals surface area contributed by atoms with Crippen molar-refractivity contribution in [2.45, 2.75) is 37.2 Å². The first kappa shape index (κ1) is 22.1. The maximum absolute atomic E-state index is 12.4. The van der Waals surface area contributed by atoms with Crippen LogP contribution >= 0.6 is 0 Å². The highest BCUT2D eigenvalue weighted by Crippen LogP contribution is 2.33. The summed E-state index contributed by atoms with van der Waals surface area (Å²) >= 11 is 0. The van der Waals surface area contributed by atoms with Gasteiger partial charge in [0.1, 0.15) is 12.6 Å². The van der Waals surface area contributed by atoms with E-state index >= 15 is 0 Å². The van der Waals surface area contributed by atoms with E-state index in [0.29, 0.717) is 5.57 Å². The predicted molar refractivity (Wildman–Crippen MR) is 111 cm³/mol. The fourth-order valence-corrected chi connectivity index (χ4v) is 3.80. The number of nitrogens with zero attached hydrogens (tertiary/aromatic N) is 3. The van der Waals surface area contributed by atoms with Crippen LogP contribution in [0.2, 0.25) is 0 Å². The highest BCUT2D eigenvalue weighted by atomic mass is 32.2. The third kappa shape index (κ3) is 5.31. The van der Waals surface area contributed by atoms with Gasteiger partial charge in [0.05, 0.1) is 30.5 Å². The van der Waals surface area contributed by atoms with Crippen molar-refractivity contribution in [1.29, 1.82) is 0 Å². The van der Waals surface area contributed by atoms with Crippen LogP contribution in [0, 0.1) is 6.92 Å². The van der Waals surface area contributed by atoms with E-state index in [9.17, 15) is 8.42 Å². The Labute approximate surface area is 176 Å². The molecule has 0 unspecified atom stereocenters. The van der Waals surface area contributed by atoms with Gasteiger partial charge < -0.3 is 9.47 Å². The number of rotatable bonds is 9. The molecule has 2 atom stereocenters. The number of aromatic nitrogens is 3. The summed E-state index contributed by atoms with van der Waals surface area (Å²) < 4.78 is 42.1. The Balaban J connectivity index is 1.70. The highest BCUT2D eigenvalue weighted by Gasteiger charge is 2.45. The summed E-state index contributed by atoms with van der Waals surface area (Å²) in [5, 5.41) is 8.20. The average Bonchev–Trinajstić information content (AvgIpc) is 3.38. The van der Waals surface area contributed by atoms with E-state index in [2.05, 4.69) is 16.8 Å². The monoisotopic (exact) mass is 431 g/mol. The topological polar surface area (TPSA) is 92.5 Å². The number of hydrogen-bond donors (Lipinski definition) is 0. The third-order valence-corrected chi connectivity index (χ3v) is 5.78. The molecule has 1 saturated heterocycles. The van der Waals surface area contributed by atoms with Crippen LogP contribution in [0.5, 0.6) is 0 Å². The maximum atomic E-state index is 12.4. The van der Waals surface area contributed by atoms with Crippen LogP contribution in [-0.4, -0.2) is 48.5 Å². The largest absolute Gasteiger partial charge is 0.342 e. The molecule has 2 heterocycles. The van der Waals surface area contributed by atoms with Gasteiger partial charge in [-0.2, -0.15) is 23.4 Å². The van der Waals surface area contributed by atoms with Crippen LogP contribution in [-0.2, 0) is 30.3 Å². The van der Waals surface area contributed by atoms with Crippen molar-refractivity contribution in [2.24, 2.45) is 0 Å². The Bertz CT molecular complexity index is 1010. The second-order valence-corrected chi connectivity index (χ2v) is 8.44. The van der Waals surface area contributed by atoms with Gasteiger partial charge in [0.15, 0.2) is 0 Å². The molecule has 0 aliphatic carbocycles. The smallest absolute Gasteiger partial charge is 0.297 e. The highest BCUT2D eigenvalue weighted by molar-refractivity contribution is 7.86. The lowest BCUT2D eigenvalue weighted by molar-refractivity contribution is -0.151. The Morgan fingerprint density at radius 3 is 2.67 bits per heavy atom. The Morgan fingerprint density at radius 2 is 2.00 bits per heavy atom. The number of allylic oxidation sites excluding steroid dienone is 3. The Hall–Kier alpha value is -2.59. The van der Waals surface area contributed by atoms with Crippen LogP contribution in [0.1, 0.15) is 12.5 Å². The molecule has 0 spiro atoms. The molecular weight excluding hydrogens is 406 g/mol. The molecule has 0 radical (unpaired) electrons. The first-order valence-corrected chi connectivity index (χ1v) is 10.9. The molecule has 0 saturated carbocycles. The molecule has 1 fully saturated rings. The van der Waals surface area contributed by atoms with Crippen LogP contribution in [0.3, 0.4) is 0 Å². The first-order chi connectivity index (χ1) is 14.3. The predicted octanol–water partition coefficient (Wildman–Crippen LogP) is 2.79. The molecule has 2 aromatic rings. The zero-order valence-corrected chi connectivity index (χ0v) is 17.8.